The molecule has 1 atom stereocenters. The van der Waals surface area contributed by atoms with Crippen LogP contribution >= 0.6 is 28.7 Å². The Morgan fingerprint density at radius 1 is 1.56 bits per heavy atom. The van der Waals surface area contributed by atoms with E-state index in [0.717, 1.165) is 6.07 Å². The molecule has 3 nitrogen and oxygen atoms in total. The van der Waals surface area contributed by atoms with Crippen LogP contribution in [0, 0.1) is 11.6 Å². The minimum atomic E-state index is -1.01. The number of halogens is 3. The van der Waals surface area contributed by atoms with E-state index in [9.17, 15) is 13.6 Å². The standard InChI is InChI=1S/C11H12BrF2NO2S/c1-2-17-10(16)5-9(15-18)7-3-6(12)4-8(13)11(7)14/h3-4,9,15,18H,2,5H2,1H3. The van der Waals surface area contributed by atoms with Gasteiger partial charge in [-0.05, 0) is 19.1 Å². The Kier molecular flexibility index (Phi) is 6.04. The normalized spacial score (nSPS) is 12.3. The lowest BCUT2D eigenvalue weighted by molar-refractivity contribution is -0.143. The van der Waals surface area contributed by atoms with Crippen LogP contribution in [0.15, 0.2) is 16.6 Å². The molecule has 1 unspecified atom stereocenters. The molecule has 1 aromatic carbocycles. The Morgan fingerprint density at radius 3 is 2.78 bits per heavy atom. The Morgan fingerprint density at radius 2 is 2.22 bits per heavy atom. The van der Waals surface area contributed by atoms with E-state index in [2.05, 4.69) is 33.5 Å². The predicted octanol–water partition coefficient (Wildman–Crippen LogP) is 3.16. The number of carbonyl (C=O) groups is 1. The molecule has 7 heteroatoms. The van der Waals surface area contributed by atoms with Crippen LogP contribution in [0.2, 0.25) is 0 Å². The van der Waals surface area contributed by atoms with Gasteiger partial charge in [0.15, 0.2) is 11.6 Å². The molecule has 1 aromatic rings. The molecular weight excluding hydrogens is 328 g/mol. The molecular formula is C11H12BrF2NO2S. The lowest BCUT2D eigenvalue weighted by Gasteiger charge is -2.16. The van der Waals surface area contributed by atoms with Crippen molar-refractivity contribution in [1.82, 2.24) is 4.72 Å². The molecule has 1 N–H and O–H groups in total. The number of nitrogens with one attached hydrogen (secondary N) is 1. The van der Waals surface area contributed by atoms with Gasteiger partial charge < -0.3 is 4.74 Å². The van der Waals surface area contributed by atoms with Crippen molar-refractivity contribution in [2.24, 2.45) is 0 Å². The molecule has 0 aromatic heterocycles. The van der Waals surface area contributed by atoms with Crippen molar-refractivity contribution in [3.05, 3.63) is 33.8 Å². The molecule has 0 heterocycles. The highest BCUT2D eigenvalue weighted by Gasteiger charge is 2.21. The Hall–Kier alpha value is -0.660. The molecule has 0 fully saturated rings. The highest BCUT2D eigenvalue weighted by atomic mass is 79.9. The first-order valence-electron chi connectivity index (χ1n) is 5.19. The molecule has 1 rings (SSSR count). The molecule has 0 saturated heterocycles. The van der Waals surface area contributed by atoms with Crippen molar-refractivity contribution in [2.75, 3.05) is 6.61 Å². The van der Waals surface area contributed by atoms with Crippen LogP contribution in [0.1, 0.15) is 24.9 Å². The molecule has 0 spiro atoms. The number of hydrogen-bond donors (Lipinski definition) is 2. The summed E-state index contributed by atoms with van der Waals surface area (Å²) in [6.07, 6.45) is -0.135. The van der Waals surface area contributed by atoms with Crippen LogP contribution in [0.5, 0.6) is 0 Å². The Bertz CT molecular complexity index is 445. The summed E-state index contributed by atoms with van der Waals surface area (Å²) < 4.78 is 34.5. The second-order valence-corrected chi connectivity index (χ2v) is 4.66. The van der Waals surface area contributed by atoms with Crippen LogP contribution in [-0.4, -0.2) is 12.6 Å². The SMILES string of the molecule is CCOC(=O)CC(NS)c1cc(Br)cc(F)c1F. The van der Waals surface area contributed by atoms with Gasteiger partial charge in [0.2, 0.25) is 0 Å². The fourth-order valence-corrected chi connectivity index (χ4v) is 2.12. The first-order valence-corrected chi connectivity index (χ1v) is 6.43. The molecule has 0 aliphatic carbocycles. The van der Waals surface area contributed by atoms with Crippen LogP contribution in [-0.2, 0) is 9.53 Å². The lowest BCUT2D eigenvalue weighted by Crippen LogP contribution is -2.19. The van der Waals surface area contributed by atoms with Crippen LogP contribution in [0.25, 0.3) is 0 Å². The highest BCUT2D eigenvalue weighted by Crippen LogP contribution is 2.27. The first kappa shape index (κ1) is 15.4. The summed E-state index contributed by atoms with van der Waals surface area (Å²) in [6, 6.07) is 1.64. The summed E-state index contributed by atoms with van der Waals surface area (Å²) in [5.74, 6) is -2.50. The van der Waals surface area contributed by atoms with Crippen LogP contribution in [0.3, 0.4) is 0 Å². The third kappa shape index (κ3) is 3.93. The van der Waals surface area contributed by atoms with E-state index < -0.39 is 23.6 Å². The topological polar surface area (TPSA) is 38.3 Å². The fourth-order valence-electron chi connectivity index (χ4n) is 1.44. The van der Waals surface area contributed by atoms with Gasteiger partial charge in [-0.25, -0.2) is 8.78 Å². The largest absolute Gasteiger partial charge is 0.466 e. The highest BCUT2D eigenvalue weighted by molar-refractivity contribution is 9.10. The van der Waals surface area contributed by atoms with Gasteiger partial charge >= 0.3 is 5.97 Å². The summed E-state index contributed by atoms with van der Waals surface area (Å²) in [6.45, 7) is 1.90. The molecule has 0 radical (unpaired) electrons. The number of ether oxygens (including phenoxy) is 1. The number of carbonyl (C=O) groups excluding carboxylic acids is 1. The maximum absolute atomic E-state index is 13.6. The van der Waals surface area contributed by atoms with Gasteiger partial charge in [-0.2, -0.15) is 0 Å². The predicted molar refractivity (Wildman–Crippen MR) is 70.2 cm³/mol. The van der Waals surface area contributed by atoms with E-state index in [0.29, 0.717) is 4.47 Å². The smallest absolute Gasteiger partial charge is 0.307 e. The number of hydrogen-bond acceptors (Lipinski definition) is 4. The Labute approximate surface area is 118 Å². The van der Waals surface area contributed by atoms with E-state index in [4.69, 9.17) is 4.74 Å². The first-order chi connectivity index (χ1) is 8.49. The quantitative estimate of drug-likeness (QED) is 0.491. The zero-order valence-electron chi connectivity index (χ0n) is 9.54. The van der Waals surface area contributed by atoms with Gasteiger partial charge in [-0.3, -0.25) is 9.52 Å². The van der Waals surface area contributed by atoms with E-state index in [-0.39, 0.29) is 18.6 Å². The van der Waals surface area contributed by atoms with E-state index in [1.807, 2.05) is 0 Å². The number of benzene rings is 1. The van der Waals surface area contributed by atoms with Gasteiger partial charge in [0.1, 0.15) is 0 Å². The van der Waals surface area contributed by atoms with Crippen LogP contribution < -0.4 is 4.72 Å². The maximum Gasteiger partial charge on any atom is 0.307 e. The van der Waals surface area contributed by atoms with Crippen molar-refractivity contribution in [1.29, 1.82) is 0 Å². The van der Waals surface area contributed by atoms with Crippen molar-refractivity contribution in [3.8, 4) is 0 Å². The van der Waals surface area contributed by atoms with Gasteiger partial charge in [0.05, 0.1) is 19.1 Å². The molecule has 0 aliphatic heterocycles. The van der Waals surface area contributed by atoms with E-state index >= 15 is 0 Å². The number of rotatable bonds is 5. The van der Waals surface area contributed by atoms with Crippen molar-refractivity contribution < 1.29 is 18.3 Å². The van der Waals surface area contributed by atoms with Gasteiger partial charge in [0, 0.05) is 10.0 Å². The number of thiol groups is 1. The van der Waals surface area contributed by atoms with Crippen molar-refractivity contribution in [3.63, 3.8) is 0 Å². The van der Waals surface area contributed by atoms with Crippen molar-refractivity contribution >= 4 is 34.7 Å². The zero-order chi connectivity index (χ0) is 13.7. The van der Waals surface area contributed by atoms with Gasteiger partial charge in [-0.1, -0.05) is 28.7 Å². The summed E-state index contributed by atoms with van der Waals surface area (Å²) in [5.41, 5.74) is 0.0185. The second kappa shape index (κ2) is 7.06. The third-order valence-electron chi connectivity index (χ3n) is 2.23. The van der Waals surface area contributed by atoms with Gasteiger partial charge in [-0.15, -0.1) is 0 Å². The molecule has 0 saturated carbocycles. The third-order valence-corrected chi connectivity index (χ3v) is 3.00. The monoisotopic (exact) mass is 339 g/mol. The summed E-state index contributed by atoms with van der Waals surface area (Å²) in [4.78, 5) is 11.3. The summed E-state index contributed by atoms with van der Waals surface area (Å²) >= 11 is 6.89. The second-order valence-electron chi connectivity index (χ2n) is 3.48. The fraction of sp³-hybridized carbons (Fsp3) is 0.364. The molecule has 0 bridgehead atoms. The molecule has 0 aliphatic rings. The van der Waals surface area contributed by atoms with Gasteiger partial charge in [0.25, 0.3) is 0 Å². The molecule has 0 amide bonds. The minimum Gasteiger partial charge on any atom is -0.466 e. The summed E-state index contributed by atoms with van der Waals surface area (Å²) in [5, 5.41) is 0. The Balaban J connectivity index is 2.98. The summed E-state index contributed by atoms with van der Waals surface area (Å²) in [7, 11) is 0. The average Bonchev–Trinajstić information content (AvgIpc) is 2.31. The zero-order valence-corrected chi connectivity index (χ0v) is 12.0. The number of esters is 1. The van der Waals surface area contributed by atoms with E-state index in [1.165, 1.54) is 6.07 Å². The van der Waals surface area contributed by atoms with E-state index in [1.54, 1.807) is 6.92 Å². The minimum absolute atomic E-state index is 0.0185. The van der Waals surface area contributed by atoms with Crippen molar-refractivity contribution in [2.45, 2.75) is 19.4 Å². The van der Waals surface area contributed by atoms with Crippen LogP contribution in [0.4, 0.5) is 8.78 Å². The average molecular weight is 340 g/mol. The molecule has 100 valence electrons. The maximum atomic E-state index is 13.6. The lowest BCUT2D eigenvalue weighted by atomic mass is 10.0. The molecule has 18 heavy (non-hydrogen) atoms.